The fraction of sp³-hybridized carbons (Fsp3) is 0.585. The van der Waals surface area contributed by atoms with Gasteiger partial charge in [0, 0.05) is 49.4 Å². The van der Waals surface area contributed by atoms with E-state index in [1.807, 2.05) is 39.8 Å². The number of hydrogen-bond acceptors (Lipinski definition) is 9. The number of phenolic OH excluding ortho intramolecular Hbond substituents is 1. The van der Waals surface area contributed by atoms with Crippen molar-refractivity contribution < 1.29 is 24.1 Å². The van der Waals surface area contributed by atoms with E-state index in [4.69, 9.17) is 13.9 Å². The van der Waals surface area contributed by atoms with E-state index >= 15 is 0 Å². The highest BCUT2D eigenvalue weighted by molar-refractivity contribution is 5.97. The molecule has 2 aromatic carbocycles. The van der Waals surface area contributed by atoms with Crippen LogP contribution in [0, 0.1) is 0 Å². The Morgan fingerprint density at radius 3 is 1.88 bits per heavy atom. The monoisotopic (exact) mass is 689 g/mol. The summed E-state index contributed by atoms with van der Waals surface area (Å²) in [4.78, 5) is 19.4. The molecule has 2 aliphatic heterocycles. The third-order valence-electron chi connectivity index (χ3n) is 9.97. The summed E-state index contributed by atoms with van der Waals surface area (Å²) in [6.07, 6.45) is 12.6. The molecule has 9 nitrogen and oxygen atoms in total. The average molecular weight is 690 g/mol. The number of ether oxygens (including phenoxy) is 2. The zero-order chi connectivity index (χ0) is 35.5. The van der Waals surface area contributed by atoms with Gasteiger partial charge in [-0.25, -0.2) is 0 Å². The second kappa shape index (κ2) is 18.7. The molecular formula is C41H59N3O6. The highest BCUT2D eigenvalue weighted by Gasteiger charge is 2.24. The first-order valence-electron chi connectivity index (χ1n) is 18.9. The van der Waals surface area contributed by atoms with E-state index in [1.54, 1.807) is 12.1 Å². The maximum absolute atomic E-state index is 14.4. The second-order valence-corrected chi connectivity index (χ2v) is 14.4. The van der Waals surface area contributed by atoms with E-state index in [-0.39, 0.29) is 28.8 Å². The Morgan fingerprint density at radius 1 is 0.760 bits per heavy atom. The van der Waals surface area contributed by atoms with Crippen molar-refractivity contribution in [3.63, 3.8) is 0 Å². The molecule has 0 atom stereocenters. The molecule has 2 aliphatic rings. The van der Waals surface area contributed by atoms with Gasteiger partial charge in [-0.15, -0.1) is 0 Å². The molecule has 2 fully saturated rings. The molecule has 3 heterocycles. The van der Waals surface area contributed by atoms with Crippen LogP contribution in [0.15, 0.2) is 44.6 Å². The summed E-state index contributed by atoms with van der Waals surface area (Å²) in [5.74, 6) is 0.949. The number of benzene rings is 2. The molecule has 5 rings (SSSR count). The van der Waals surface area contributed by atoms with Gasteiger partial charge in [-0.1, -0.05) is 29.7 Å². The lowest BCUT2D eigenvalue weighted by molar-refractivity contribution is 0.215. The molecule has 3 N–H and O–H groups in total. The topological polar surface area (TPSA) is 108 Å². The lowest BCUT2D eigenvalue weighted by Crippen LogP contribution is -2.43. The number of likely N-dealkylation sites (tertiary alicyclic amines) is 1. The Bertz CT molecular complexity index is 1690. The maximum atomic E-state index is 14.4. The van der Waals surface area contributed by atoms with Crippen LogP contribution in [0.25, 0.3) is 21.9 Å². The molecule has 50 heavy (non-hydrogen) atoms. The quantitative estimate of drug-likeness (QED) is 0.0795. The summed E-state index contributed by atoms with van der Waals surface area (Å²) in [6, 6.07) is 3.50. The largest absolute Gasteiger partial charge is 0.507 e. The van der Waals surface area contributed by atoms with E-state index in [1.165, 1.54) is 32.4 Å². The number of nitrogens with zero attached hydrogens (tertiary/aromatic N) is 2. The molecule has 0 spiro atoms. The minimum absolute atomic E-state index is 0.109. The van der Waals surface area contributed by atoms with Crippen LogP contribution >= 0.6 is 0 Å². The van der Waals surface area contributed by atoms with E-state index in [0.29, 0.717) is 65.2 Å². The number of allylic oxidation sites excluding steroid dienone is 4. The first-order valence-corrected chi connectivity index (χ1v) is 18.9. The Morgan fingerprint density at radius 2 is 1.30 bits per heavy atom. The highest BCUT2D eigenvalue weighted by Crippen LogP contribution is 2.39. The fourth-order valence-corrected chi connectivity index (χ4v) is 7.08. The minimum atomic E-state index is -0.320. The van der Waals surface area contributed by atoms with Gasteiger partial charge < -0.3 is 39.2 Å². The number of fused-ring (bicyclic) bond motifs is 2. The summed E-state index contributed by atoms with van der Waals surface area (Å²) in [5.41, 5.74) is 4.35. The van der Waals surface area contributed by atoms with Gasteiger partial charge in [0.1, 0.15) is 33.8 Å². The standard InChI is InChI=1S/C41H59N3O6/c1-29(2)12-14-31-33(28-45)35(49-25-11-9-21-44-22-16-42-17-23-44)27-36-38(31)41(47)39-37(50-36)26-34(32(40(39)46)15-13-30(3)4)48-24-10-8-20-43-18-6-5-7-19-43/h12-13,26-27,42,45-46H,5-11,14-25,28H2,1-4H3. The first-order chi connectivity index (χ1) is 24.3. The highest BCUT2D eigenvalue weighted by atomic mass is 16.5. The summed E-state index contributed by atoms with van der Waals surface area (Å²) < 4.78 is 19.1. The fourth-order valence-electron chi connectivity index (χ4n) is 7.08. The number of aromatic hydroxyl groups is 1. The molecule has 0 aliphatic carbocycles. The van der Waals surface area contributed by atoms with Crippen LogP contribution in [0.3, 0.4) is 0 Å². The van der Waals surface area contributed by atoms with Gasteiger partial charge in [-0.05, 0) is 111 Å². The molecule has 0 saturated carbocycles. The van der Waals surface area contributed by atoms with Crippen molar-refractivity contribution in [1.82, 2.24) is 15.1 Å². The smallest absolute Gasteiger partial charge is 0.204 e. The van der Waals surface area contributed by atoms with Crippen molar-refractivity contribution >= 4 is 21.9 Å². The van der Waals surface area contributed by atoms with Gasteiger partial charge in [0.2, 0.25) is 5.43 Å². The average Bonchev–Trinajstić information content (AvgIpc) is 3.10. The number of hydrogen-bond donors (Lipinski definition) is 3. The third kappa shape index (κ3) is 9.90. The van der Waals surface area contributed by atoms with Crippen molar-refractivity contribution in [3.05, 3.63) is 62.3 Å². The molecule has 1 aromatic heterocycles. The maximum Gasteiger partial charge on any atom is 0.204 e. The van der Waals surface area contributed by atoms with Crippen molar-refractivity contribution in [1.29, 1.82) is 0 Å². The zero-order valence-electron chi connectivity index (χ0n) is 30.9. The lowest BCUT2D eigenvalue weighted by Gasteiger charge is -2.27. The first kappa shape index (κ1) is 37.9. The Kier molecular flexibility index (Phi) is 14.2. The van der Waals surface area contributed by atoms with E-state index < -0.39 is 0 Å². The summed E-state index contributed by atoms with van der Waals surface area (Å²) in [5, 5.41) is 26.3. The van der Waals surface area contributed by atoms with E-state index in [2.05, 4.69) is 15.1 Å². The molecule has 9 heteroatoms. The number of phenols is 1. The summed E-state index contributed by atoms with van der Waals surface area (Å²) in [6.45, 7) is 17.4. The number of unbranched alkanes of at least 4 members (excludes halogenated alkanes) is 2. The molecule has 2 saturated heterocycles. The van der Waals surface area contributed by atoms with Gasteiger partial charge in [-0.2, -0.15) is 0 Å². The van der Waals surface area contributed by atoms with E-state index in [0.717, 1.165) is 76.1 Å². The number of piperidine rings is 1. The van der Waals surface area contributed by atoms with Crippen LogP contribution in [0.1, 0.15) is 89.3 Å². The SMILES string of the molecule is CC(C)=CCc1c(OCCCCN2CCCCC2)cc2oc3cc(OCCCCN4CCNCC4)c(CO)c(CC=C(C)C)c3c(=O)c2c1O. The van der Waals surface area contributed by atoms with Crippen molar-refractivity contribution in [3.8, 4) is 17.2 Å². The van der Waals surface area contributed by atoms with Crippen LogP contribution in [-0.4, -0.2) is 85.6 Å². The van der Waals surface area contributed by atoms with Gasteiger partial charge in [0.25, 0.3) is 0 Å². The molecule has 3 aromatic rings. The van der Waals surface area contributed by atoms with Crippen LogP contribution in [0.2, 0.25) is 0 Å². The van der Waals surface area contributed by atoms with Gasteiger partial charge in [0.15, 0.2) is 0 Å². The molecule has 0 bridgehead atoms. The van der Waals surface area contributed by atoms with Crippen molar-refractivity contribution in [2.45, 2.75) is 92.1 Å². The number of rotatable bonds is 17. The van der Waals surface area contributed by atoms with Crippen LogP contribution in [-0.2, 0) is 19.4 Å². The number of nitrogens with one attached hydrogen (secondary N) is 1. The number of aliphatic hydroxyl groups excluding tert-OH is 1. The predicted octanol–water partition coefficient (Wildman–Crippen LogP) is 6.87. The van der Waals surface area contributed by atoms with Crippen molar-refractivity contribution in [2.24, 2.45) is 0 Å². The normalized spacial score (nSPS) is 15.8. The third-order valence-corrected chi connectivity index (χ3v) is 9.97. The summed E-state index contributed by atoms with van der Waals surface area (Å²) >= 11 is 0. The minimum Gasteiger partial charge on any atom is -0.507 e. The van der Waals surface area contributed by atoms with E-state index in [9.17, 15) is 15.0 Å². The van der Waals surface area contributed by atoms with Gasteiger partial charge >= 0.3 is 0 Å². The van der Waals surface area contributed by atoms with Gasteiger partial charge in [0.05, 0.1) is 25.2 Å². The van der Waals surface area contributed by atoms with Crippen molar-refractivity contribution in [2.75, 3.05) is 65.6 Å². The Hall–Kier alpha value is -3.37. The predicted molar refractivity (Wildman–Crippen MR) is 203 cm³/mol. The number of aliphatic hydroxyl groups is 1. The lowest BCUT2D eigenvalue weighted by atomic mass is 9.95. The molecule has 0 unspecified atom stereocenters. The van der Waals surface area contributed by atoms with Gasteiger partial charge in [-0.3, -0.25) is 4.79 Å². The second-order valence-electron chi connectivity index (χ2n) is 14.4. The number of piperazine rings is 1. The molecule has 0 radical (unpaired) electrons. The summed E-state index contributed by atoms with van der Waals surface area (Å²) in [7, 11) is 0. The zero-order valence-corrected chi connectivity index (χ0v) is 30.9. The molecule has 0 amide bonds. The molecular weight excluding hydrogens is 630 g/mol. The Balaban J connectivity index is 1.47. The Labute approximate surface area is 297 Å². The molecule has 274 valence electrons. The van der Waals surface area contributed by atoms with Crippen LogP contribution in [0.4, 0.5) is 0 Å². The van der Waals surface area contributed by atoms with Crippen LogP contribution in [0.5, 0.6) is 17.2 Å². The van der Waals surface area contributed by atoms with Crippen LogP contribution < -0.4 is 20.2 Å².